The van der Waals surface area contributed by atoms with Gasteiger partial charge in [0.05, 0.1) is 0 Å². The zero-order valence-corrected chi connectivity index (χ0v) is 6.70. The monoisotopic (exact) mass is 147 g/mol. The van der Waals surface area contributed by atoms with Crippen LogP contribution in [0.25, 0.3) is 0 Å². The van der Waals surface area contributed by atoms with E-state index < -0.39 is 0 Å². The molecule has 0 rings (SSSR count). The van der Waals surface area contributed by atoms with Crippen LogP contribution in [0.2, 0.25) is 0 Å². The van der Waals surface area contributed by atoms with Crippen molar-refractivity contribution < 1.29 is 9.53 Å². The zero-order chi connectivity index (χ0) is 7.28. The van der Waals surface area contributed by atoms with Crippen molar-refractivity contribution in [1.82, 2.24) is 0 Å². The normalized spacial score (nSPS) is 16.3. The largest absolute Gasteiger partial charge is 0.453 e. The Morgan fingerprint density at radius 2 is 2.11 bits per heavy atom. The third-order valence-corrected chi connectivity index (χ3v) is 2.39. The standard InChI is InChI=1S/C6H11O2S/c1-5(8-4-7)6(2)9-3/h5-6H,1-3H3. The maximum Gasteiger partial charge on any atom is 0.417 e. The molecule has 0 fully saturated rings. The first-order chi connectivity index (χ1) is 4.22. The molecule has 0 aromatic carbocycles. The van der Waals surface area contributed by atoms with Gasteiger partial charge in [-0.15, -0.1) is 0 Å². The molecule has 0 spiro atoms. The summed E-state index contributed by atoms with van der Waals surface area (Å²) in [6, 6.07) is 0. The van der Waals surface area contributed by atoms with Crippen molar-refractivity contribution in [3.05, 3.63) is 0 Å². The minimum absolute atomic E-state index is 0.0301. The van der Waals surface area contributed by atoms with Crippen LogP contribution in [0, 0.1) is 0 Å². The van der Waals surface area contributed by atoms with E-state index in [0.29, 0.717) is 5.25 Å². The molecule has 0 saturated heterocycles. The molecule has 2 nitrogen and oxygen atoms in total. The lowest BCUT2D eigenvalue weighted by molar-refractivity contribution is 0.195. The van der Waals surface area contributed by atoms with Gasteiger partial charge in [-0.25, -0.2) is 4.79 Å². The van der Waals surface area contributed by atoms with Crippen LogP contribution in [0.1, 0.15) is 13.8 Å². The second-order valence-corrected chi connectivity index (χ2v) is 3.06. The van der Waals surface area contributed by atoms with Crippen LogP contribution in [0.15, 0.2) is 0 Å². The Hall–Kier alpha value is -0.180. The van der Waals surface area contributed by atoms with Crippen LogP contribution < -0.4 is 0 Å². The van der Waals surface area contributed by atoms with E-state index in [-0.39, 0.29) is 6.10 Å². The Balaban J connectivity index is 3.44. The summed E-state index contributed by atoms with van der Waals surface area (Å²) in [7, 11) is 0. The number of carbonyl (C=O) groups excluding carboxylic acids is 1. The molecular formula is C6H11O2S. The van der Waals surface area contributed by atoms with E-state index >= 15 is 0 Å². The molecule has 0 N–H and O–H groups in total. The fourth-order valence-electron chi connectivity index (χ4n) is 0.363. The van der Waals surface area contributed by atoms with Crippen LogP contribution in [-0.4, -0.2) is 24.1 Å². The van der Waals surface area contributed by atoms with Gasteiger partial charge in [-0.2, -0.15) is 11.8 Å². The average molecular weight is 147 g/mol. The number of rotatable bonds is 4. The molecule has 0 aromatic rings. The molecule has 0 bridgehead atoms. The summed E-state index contributed by atoms with van der Waals surface area (Å²) in [6.07, 6.45) is 1.95. The van der Waals surface area contributed by atoms with Gasteiger partial charge in [0.15, 0.2) is 0 Å². The van der Waals surface area contributed by atoms with E-state index in [2.05, 4.69) is 4.74 Å². The number of thioether (sulfide) groups is 1. The molecule has 0 saturated carbocycles. The average Bonchev–Trinajstić information content (AvgIpc) is 1.87. The van der Waals surface area contributed by atoms with Crippen molar-refractivity contribution in [1.29, 1.82) is 0 Å². The highest BCUT2D eigenvalue weighted by molar-refractivity contribution is 7.99. The van der Waals surface area contributed by atoms with Gasteiger partial charge in [0.1, 0.15) is 6.10 Å². The van der Waals surface area contributed by atoms with Crippen molar-refractivity contribution >= 4 is 18.2 Å². The molecule has 1 radical (unpaired) electrons. The summed E-state index contributed by atoms with van der Waals surface area (Å²) in [5, 5.41) is 0.353. The molecule has 0 heterocycles. The molecule has 2 unspecified atom stereocenters. The lowest BCUT2D eigenvalue weighted by Gasteiger charge is -2.13. The molecular weight excluding hydrogens is 136 g/mol. The maximum absolute atomic E-state index is 9.68. The summed E-state index contributed by atoms with van der Waals surface area (Å²) in [5.41, 5.74) is 0. The smallest absolute Gasteiger partial charge is 0.417 e. The van der Waals surface area contributed by atoms with Gasteiger partial charge in [-0.05, 0) is 20.1 Å². The SMILES string of the molecule is CSC(C)C(C)O[C]=O. The summed E-state index contributed by atoms with van der Waals surface area (Å²) in [4.78, 5) is 9.68. The third-order valence-electron chi connectivity index (χ3n) is 1.27. The summed E-state index contributed by atoms with van der Waals surface area (Å²) >= 11 is 1.67. The molecule has 0 amide bonds. The predicted octanol–water partition coefficient (Wildman–Crippen LogP) is 1.21. The van der Waals surface area contributed by atoms with E-state index in [1.165, 1.54) is 6.47 Å². The minimum Gasteiger partial charge on any atom is -0.453 e. The predicted molar refractivity (Wildman–Crippen MR) is 39.2 cm³/mol. The van der Waals surface area contributed by atoms with E-state index in [9.17, 15) is 4.79 Å². The highest BCUT2D eigenvalue weighted by Crippen LogP contribution is 2.11. The quantitative estimate of drug-likeness (QED) is 0.598. The first kappa shape index (κ1) is 8.82. The van der Waals surface area contributed by atoms with Gasteiger partial charge in [0, 0.05) is 5.25 Å². The first-order valence-electron chi connectivity index (χ1n) is 2.78. The Bertz CT molecular complexity index is 85.1. The van der Waals surface area contributed by atoms with Crippen molar-refractivity contribution in [3.8, 4) is 0 Å². The fourth-order valence-corrected chi connectivity index (χ4v) is 0.802. The molecule has 0 aliphatic rings. The van der Waals surface area contributed by atoms with Crippen LogP contribution in [0.3, 0.4) is 0 Å². The van der Waals surface area contributed by atoms with Crippen molar-refractivity contribution in [2.75, 3.05) is 6.26 Å². The first-order valence-corrected chi connectivity index (χ1v) is 4.06. The molecule has 0 aromatic heterocycles. The van der Waals surface area contributed by atoms with Crippen molar-refractivity contribution in [2.45, 2.75) is 25.2 Å². The van der Waals surface area contributed by atoms with E-state index in [0.717, 1.165) is 0 Å². The van der Waals surface area contributed by atoms with E-state index in [1.54, 1.807) is 11.8 Å². The van der Waals surface area contributed by atoms with Gasteiger partial charge < -0.3 is 4.74 Å². The topological polar surface area (TPSA) is 26.3 Å². The Morgan fingerprint density at radius 3 is 2.44 bits per heavy atom. The van der Waals surface area contributed by atoms with Crippen LogP contribution in [0.5, 0.6) is 0 Å². The van der Waals surface area contributed by atoms with Gasteiger partial charge in [-0.3, -0.25) is 0 Å². The number of hydrogen-bond acceptors (Lipinski definition) is 3. The van der Waals surface area contributed by atoms with Gasteiger partial charge >= 0.3 is 6.47 Å². The maximum atomic E-state index is 9.68. The zero-order valence-electron chi connectivity index (χ0n) is 5.88. The molecule has 9 heavy (non-hydrogen) atoms. The van der Waals surface area contributed by atoms with E-state index in [1.807, 2.05) is 20.1 Å². The Kier molecular flexibility index (Phi) is 4.58. The van der Waals surface area contributed by atoms with Gasteiger partial charge in [0.25, 0.3) is 0 Å². The second kappa shape index (κ2) is 4.68. The Morgan fingerprint density at radius 1 is 1.56 bits per heavy atom. The van der Waals surface area contributed by atoms with Crippen molar-refractivity contribution in [3.63, 3.8) is 0 Å². The van der Waals surface area contributed by atoms with Crippen molar-refractivity contribution in [2.24, 2.45) is 0 Å². The van der Waals surface area contributed by atoms with Gasteiger partial charge in [-0.1, -0.05) is 0 Å². The molecule has 53 valence electrons. The lowest BCUT2D eigenvalue weighted by Crippen LogP contribution is -2.18. The molecule has 0 aliphatic carbocycles. The van der Waals surface area contributed by atoms with Gasteiger partial charge in [0.2, 0.25) is 0 Å². The number of ether oxygens (including phenoxy) is 1. The highest BCUT2D eigenvalue weighted by atomic mass is 32.2. The van der Waals surface area contributed by atoms with Crippen LogP contribution >= 0.6 is 11.8 Å². The Labute approximate surface area is 60.0 Å². The molecule has 3 heteroatoms. The molecule has 0 aliphatic heterocycles. The number of hydrogen-bond donors (Lipinski definition) is 0. The third kappa shape index (κ3) is 3.40. The van der Waals surface area contributed by atoms with Crippen LogP contribution in [-0.2, 0) is 9.53 Å². The summed E-state index contributed by atoms with van der Waals surface area (Å²) in [5.74, 6) is 0. The highest BCUT2D eigenvalue weighted by Gasteiger charge is 2.10. The lowest BCUT2D eigenvalue weighted by atomic mass is 10.3. The molecule has 2 atom stereocenters. The minimum atomic E-state index is -0.0301. The summed E-state index contributed by atoms with van der Waals surface area (Å²) < 4.78 is 4.57. The summed E-state index contributed by atoms with van der Waals surface area (Å²) in [6.45, 7) is 5.28. The fraction of sp³-hybridized carbons (Fsp3) is 0.833. The van der Waals surface area contributed by atoms with Crippen LogP contribution in [0.4, 0.5) is 0 Å². The second-order valence-electron chi connectivity index (χ2n) is 1.85. The van der Waals surface area contributed by atoms with E-state index in [4.69, 9.17) is 0 Å².